The first-order valence-corrected chi connectivity index (χ1v) is 7.18. The van der Waals surface area contributed by atoms with Gasteiger partial charge >= 0.3 is 0 Å². The van der Waals surface area contributed by atoms with Gasteiger partial charge in [0.15, 0.2) is 5.96 Å². The Morgan fingerprint density at radius 2 is 2.11 bits per heavy atom. The van der Waals surface area contributed by atoms with Gasteiger partial charge in [-0.05, 0) is 17.9 Å². The van der Waals surface area contributed by atoms with E-state index in [4.69, 9.17) is 0 Å². The number of carbonyl (C=O) groups excluding carboxylic acids is 1. The molecule has 0 atom stereocenters. The van der Waals surface area contributed by atoms with Gasteiger partial charge in [0.2, 0.25) is 5.91 Å². The number of hydrogen-bond donors (Lipinski definition) is 2. The Morgan fingerprint density at radius 1 is 1.37 bits per heavy atom. The minimum atomic E-state index is 0.113. The Hall–Kier alpha value is -1.56. The minimum Gasteiger partial charge on any atom is -0.356 e. The molecule has 0 aliphatic heterocycles. The van der Waals surface area contributed by atoms with E-state index >= 15 is 0 Å². The third-order valence-electron chi connectivity index (χ3n) is 2.60. The van der Waals surface area contributed by atoms with Gasteiger partial charge in [-0.25, -0.2) is 0 Å². The molecule has 19 heavy (non-hydrogen) atoms. The molecule has 0 saturated heterocycles. The molecule has 0 aliphatic carbocycles. The molecule has 1 heterocycles. The van der Waals surface area contributed by atoms with E-state index in [0.29, 0.717) is 13.0 Å². The molecule has 2 N–H and O–H groups in total. The highest BCUT2D eigenvalue weighted by molar-refractivity contribution is 7.09. The van der Waals surface area contributed by atoms with Crippen molar-refractivity contribution in [3.8, 4) is 0 Å². The summed E-state index contributed by atoms with van der Waals surface area (Å²) in [5.74, 6) is 0.852. The summed E-state index contributed by atoms with van der Waals surface area (Å²) in [6.07, 6.45) is 1.45. The molecule has 6 heteroatoms. The molecule has 1 rings (SSSR count). The first-order valence-electron chi connectivity index (χ1n) is 6.30. The van der Waals surface area contributed by atoms with Crippen LogP contribution in [0.3, 0.4) is 0 Å². The monoisotopic (exact) mass is 282 g/mol. The molecular weight excluding hydrogens is 260 g/mol. The number of amides is 1. The summed E-state index contributed by atoms with van der Waals surface area (Å²) < 4.78 is 0. The third-order valence-corrected chi connectivity index (χ3v) is 3.53. The van der Waals surface area contributed by atoms with Crippen LogP contribution in [0.15, 0.2) is 22.5 Å². The van der Waals surface area contributed by atoms with Gasteiger partial charge in [-0.15, -0.1) is 11.3 Å². The molecule has 0 bridgehead atoms. The van der Waals surface area contributed by atoms with Crippen molar-refractivity contribution in [3.05, 3.63) is 22.4 Å². The second-order valence-electron chi connectivity index (χ2n) is 4.29. The van der Waals surface area contributed by atoms with E-state index in [-0.39, 0.29) is 5.91 Å². The first kappa shape index (κ1) is 15.5. The van der Waals surface area contributed by atoms with Crippen molar-refractivity contribution in [2.45, 2.75) is 12.8 Å². The molecule has 0 fully saturated rings. The Kier molecular flexibility index (Phi) is 6.95. The standard InChI is InChI=1S/C13H22N4OS/c1-14-13(16-9-7-12(18)17(2)3)15-8-6-11-5-4-10-19-11/h4-5,10H,6-9H2,1-3H3,(H2,14,15,16). The number of hydrogen-bond acceptors (Lipinski definition) is 3. The molecule has 0 spiro atoms. The van der Waals surface area contributed by atoms with E-state index in [1.54, 1.807) is 37.4 Å². The topological polar surface area (TPSA) is 56.7 Å². The Morgan fingerprint density at radius 3 is 2.68 bits per heavy atom. The molecule has 1 aromatic heterocycles. The van der Waals surface area contributed by atoms with E-state index in [9.17, 15) is 4.79 Å². The Bertz CT molecular complexity index is 401. The highest BCUT2D eigenvalue weighted by atomic mass is 32.1. The summed E-state index contributed by atoms with van der Waals surface area (Å²) in [5, 5.41) is 8.44. The smallest absolute Gasteiger partial charge is 0.223 e. The SMILES string of the molecule is CN=C(NCCC(=O)N(C)C)NCCc1cccs1. The molecule has 0 aliphatic rings. The predicted molar refractivity (Wildman–Crippen MR) is 80.7 cm³/mol. The third kappa shape index (κ3) is 6.24. The fourth-order valence-corrected chi connectivity index (χ4v) is 2.20. The second-order valence-corrected chi connectivity index (χ2v) is 5.33. The van der Waals surface area contributed by atoms with Crippen molar-refractivity contribution in [3.63, 3.8) is 0 Å². The largest absolute Gasteiger partial charge is 0.356 e. The normalized spacial score (nSPS) is 11.2. The van der Waals surface area contributed by atoms with E-state index in [0.717, 1.165) is 18.9 Å². The lowest BCUT2D eigenvalue weighted by atomic mass is 10.3. The van der Waals surface area contributed by atoms with Crippen LogP contribution >= 0.6 is 11.3 Å². The van der Waals surface area contributed by atoms with Crippen molar-refractivity contribution in [1.82, 2.24) is 15.5 Å². The fourth-order valence-electron chi connectivity index (χ4n) is 1.49. The predicted octanol–water partition coefficient (Wildman–Crippen LogP) is 0.934. The van der Waals surface area contributed by atoms with Gasteiger partial charge in [-0.2, -0.15) is 0 Å². The molecule has 1 aromatic rings. The molecule has 5 nitrogen and oxygen atoms in total. The van der Waals surface area contributed by atoms with E-state index in [1.807, 2.05) is 0 Å². The van der Waals surface area contributed by atoms with Crippen LogP contribution in [-0.4, -0.2) is 51.0 Å². The Balaban J connectivity index is 2.18. The summed E-state index contributed by atoms with van der Waals surface area (Å²) >= 11 is 1.76. The van der Waals surface area contributed by atoms with Crippen molar-refractivity contribution in [2.24, 2.45) is 4.99 Å². The van der Waals surface area contributed by atoms with Gasteiger partial charge in [0.25, 0.3) is 0 Å². The molecule has 0 saturated carbocycles. The average molecular weight is 282 g/mol. The lowest BCUT2D eigenvalue weighted by molar-refractivity contribution is -0.128. The summed E-state index contributed by atoms with van der Waals surface area (Å²) in [5.41, 5.74) is 0. The summed E-state index contributed by atoms with van der Waals surface area (Å²) in [7, 11) is 5.25. The fraction of sp³-hybridized carbons (Fsp3) is 0.538. The van der Waals surface area contributed by atoms with Crippen LogP contribution in [0.1, 0.15) is 11.3 Å². The van der Waals surface area contributed by atoms with E-state index in [2.05, 4.69) is 33.1 Å². The summed E-state index contributed by atoms with van der Waals surface area (Å²) in [6.45, 7) is 1.43. The first-order chi connectivity index (χ1) is 9.13. The summed E-state index contributed by atoms with van der Waals surface area (Å²) in [4.78, 5) is 18.5. The van der Waals surface area contributed by atoms with E-state index in [1.165, 1.54) is 4.88 Å². The molecule has 1 amide bonds. The molecule has 0 radical (unpaired) electrons. The van der Waals surface area contributed by atoms with Crippen LogP contribution in [0.25, 0.3) is 0 Å². The zero-order chi connectivity index (χ0) is 14.1. The molecule has 0 unspecified atom stereocenters. The minimum absolute atomic E-state index is 0.113. The van der Waals surface area contributed by atoms with Gasteiger partial charge in [-0.1, -0.05) is 6.07 Å². The number of guanidine groups is 1. The second kappa shape index (κ2) is 8.53. The van der Waals surface area contributed by atoms with Crippen molar-refractivity contribution in [1.29, 1.82) is 0 Å². The molecule has 106 valence electrons. The van der Waals surface area contributed by atoms with Gasteiger partial charge in [0.1, 0.15) is 0 Å². The highest BCUT2D eigenvalue weighted by Gasteiger charge is 2.04. The van der Waals surface area contributed by atoms with Crippen LogP contribution in [0, 0.1) is 0 Å². The number of nitrogens with one attached hydrogen (secondary N) is 2. The number of aliphatic imine (C=N–C) groups is 1. The van der Waals surface area contributed by atoms with Crippen LogP contribution in [0.5, 0.6) is 0 Å². The maximum Gasteiger partial charge on any atom is 0.223 e. The number of thiophene rings is 1. The zero-order valence-electron chi connectivity index (χ0n) is 11.8. The average Bonchev–Trinajstić information content (AvgIpc) is 2.89. The lowest BCUT2D eigenvalue weighted by Crippen LogP contribution is -2.40. The molecular formula is C13H22N4OS. The Labute approximate surface area is 118 Å². The van der Waals surface area contributed by atoms with Gasteiger partial charge in [0.05, 0.1) is 0 Å². The van der Waals surface area contributed by atoms with Gasteiger partial charge in [0, 0.05) is 45.5 Å². The maximum absolute atomic E-state index is 11.4. The van der Waals surface area contributed by atoms with Crippen LogP contribution in [-0.2, 0) is 11.2 Å². The molecule has 0 aromatic carbocycles. The van der Waals surface area contributed by atoms with Crippen molar-refractivity contribution >= 4 is 23.2 Å². The van der Waals surface area contributed by atoms with E-state index < -0.39 is 0 Å². The number of rotatable bonds is 6. The number of carbonyl (C=O) groups is 1. The quantitative estimate of drug-likeness (QED) is 0.603. The maximum atomic E-state index is 11.4. The van der Waals surface area contributed by atoms with Crippen LogP contribution < -0.4 is 10.6 Å². The number of nitrogens with zero attached hydrogens (tertiary/aromatic N) is 2. The highest BCUT2D eigenvalue weighted by Crippen LogP contribution is 2.07. The zero-order valence-corrected chi connectivity index (χ0v) is 12.6. The summed E-state index contributed by atoms with van der Waals surface area (Å²) in [6, 6.07) is 4.18. The lowest BCUT2D eigenvalue weighted by Gasteiger charge is -2.13. The van der Waals surface area contributed by atoms with Gasteiger partial charge < -0.3 is 15.5 Å². The van der Waals surface area contributed by atoms with Crippen molar-refractivity contribution in [2.75, 3.05) is 34.2 Å². The van der Waals surface area contributed by atoms with Crippen LogP contribution in [0.4, 0.5) is 0 Å². The van der Waals surface area contributed by atoms with Crippen LogP contribution in [0.2, 0.25) is 0 Å². The van der Waals surface area contributed by atoms with Crippen molar-refractivity contribution < 1.29 is 4.79 Å². The van der Waals surface area contributed by atoms with Gasteiger partial charge in [-0.3, -0.25) is 9.79 Å².